The quantitative estimate of drug-likeness (QED) is 0.704. The number of aromatic nitrogens is 2. The Labute approximate surface area is 190 Å². The molecular formula is C25H34N4O3. The Morgan fingerprint density at radius 2 is 1.81 bits per heavy atom. The lowest BCUT2D eigenvalue weighted by Gasteiger charge is -2.56. The highest BCUT2D eigenvalue weighted by Crippen LogP contribution is 2.43. The minimum absolute atomic E-state index is 0.0283. The first-order valence-corrected chi connectivity index (χ1v) is 11.5. The number of nitrogens with zero attached hydrogens (tertiary/aromatic N) is 4. The Kier molecular flexibility index (Phi) is 5.39. The second-order valence-electron chi connectivity index (χ2n) is 10.4. The summed E-state index contributed by atoms with van der Waals surface area (Å²) in [6.07, 6.45) is 4.73. The normalized spacial score (nSPS) is 28.8. The first kappa shape index (κ1) is 21.6. The van der Waals surface area contributed by atoms with E-state index in [0.717, 1.165) is 31.0 Å². The summed E-state index contributed by atoms with van der Waals surface area (Å²) >= 11 is 0. The predicted octanol–water partition coefficient (Wildman–Crippen LogP) is 3.80. The molecule has 7 heteroatoms. The SMILES string of the molecule is COc1ccc(CN2C3CC2CN(c2ccc(C4OCC(C)(C)C(C)(C)O4)cn2)C3)cn1. The van der Waals surface area contributed by atoms with Gasteiger partial charge in [-0.2, -0.15) is 0 Å². The number of pyridine rings is 2. The number of piperazine rings is 1. The Morgan fingerprint density at radius 1 is 1.03 bits per heavy atom. The average Bonchev–Trinajstić information content (AvgIpc) is 2.80. The smallest absolute Gasteiger partial charge is 0.212 e. The highest BCUT2D eigenvalue weighted by molar-refractivity contribution is 5.42. The van der Waals surface area contributed by atoms with Crippen molar-refractivity contribution in [2.45, 2.75) is 64.6 Å². The zero-order valence-corrected chi connectivity index (χ0v) is 19.7. The van der Waals surface area contributed by atoms with E-state index in [1.54, 1.807) is 7.11 Å². The standard InChI is InChI=1S/C25H34N4O3/c1-24(2)16-31-23(32-25(24,3)4)18-7-8-21(26-12-18)28-14-19-10-20(15-28)29(19)13-17-6-9-22(30-5)27-11-17/h6-9,11-12,19-20,23H,10,13-16H2,1-5H3. The highest BCUT2D eigenvalue weighted by atomic mass is 16.7. The van der Waals surface area contributed by atoms with Gasteiger partial charge in [0.2, 0.25) is 5.88 Å². The van der Waals surface area contributed by atoms with Crippen LogP contribution in [0.5, 0.6) is 5.88 Å². The van der Waals surface area contributed by atoms with E-state index in [9.17, 15) is 0 Å². The summed E-state index contributed by atoms with van der Waals surface area (Å²) in [4.78, 5) is 14.1. The molecule has 4 fully saturated rings. The third-order valence-corrected chi connectivity index (χ3v) is 7.71. The molecule has 0 radical (unpaired) electrons. The Morgan fingerprint density at radius 3 is 2.41 bits per heavy atom. The van der Waals surface area contributed by atoms with Crippen molar-refractivity contribution < 1.29 is 14.2 Å². The van der Waals surface area contributed by atoms with Gasteiger partial charge in [0, 0.05) is 61.2 Å². The van der Waals surface area contributed by atoms with Crippen molar-refractivity contribution in [1.82, 2.24) is 14.9 Å². The van der Waals surface area contributed by atoms with Crippen molar-refractivity contribution in [1.29, 1.82) is 0 Å². The molecule has 0 aromatic carbocycles. The van der Waals surface area contributed by atoms with Crippen LogP contribution in [0.25, 0.3) is 0 Å². The summed E-state index contributed by atoms with van der Waals surface area (Å²) in [6.45, 7) is 12.3. The number of methoxy groups -OCH3 is 1. The molecule has 2 bridgehead atoms. The molecule has 0 amide bonds. The number of rotatable bonds is 5. The molecule has 0 aliphatic carbocycles. The minimum atomic E-state index is -0.358. The molecule has 4 saturated heterocycles. The van der Waals surface area contributed by atoms with E-state index in [0.29, 0.717) is 24.6 Å². The third-order valence-electron chi connectivity index (χ3n) is 7.71. The fourth-order valence-electron chi connectivity index (χ4n) is 4.78. The van der Waals surface area contributed by atoms with Crippen molar-refractivity contribution in [2.24, 2.45) is 5.41 Å². The molecule has 4 aliphatic rings. The first-order valence-electron chi connectivity index (χ1n) is 11.5. The van der Waals surface area contributed by atoms with Gasteiger partial charge in [-0.05, 0) is 38.0 Å². The van der Waals surface area contributed by atoms with Crippen LogP contribution < -0.4 is 9.64 Å². The van der Waals surface area contributed by atoms with E-state index in [-0.39, 0.29) is 17.3 Å². The van der Waals surface area contributed by atoms with Crippen LogP contribution in [-0.4, -0.2) is 59.4 Å². The van der Waals surface area contributed by atoms with E-state index in [1.165, 1.54) is 12.0 Å². The molecular weight excluding hydrogens is 404 g/mol. The number of piperidine rings is 1. The molecule has 3 unspecified atom stereocenters. The van der Waals surface area contributed by atoms with Crippen molar-refractivity contribution >= 4 is 5.82 Å². The lowest BCUT2D eigenvalue weighted by molar-refractivity contribution is -0.300. The second kappa shape index (κ2) is 7.97. The van der Waals surface area contributed by atoms with Crippen LogP contribution in [0.3, 0.4) is 0 Å². The zero-order chi connectivity index (χ0) is 22.5. The number of fused-ring (bicyclic) bond motifs is 2. The van der Waals surface area contributed by atoms with Crippen LogP contribution in [-0.2, 0) is 16.0 Å². The largest absolute Gasteiger partial charge is 0.481 e. The molecule has 2 aromatic rings. The van der Waals surface area contributed by atoms with Gasteiger partial charge in [0.15, 0.2) is 6.29 Å². The fourth-order valence-corrected chi connectivity index (χ4v) is 4.78. The Balaban J connectivity index is 1.19. The Hall–Kier alpha value is -2.22. The molecule has 0 N–H and O–H groups in total. The molecule has 172 valence electrons. The molecule has 32 heavy (non-hydrogen) atoms. The fraction of sp³-hybridized carbons (Fsp3) is 0.600. The van der Waals surface area contributed by atoms with Crippen LogP contribution in [0.15, 0.2) is 36.7 Å². The summed E-state index contributed by atoms with van der Waals surface area (Å²) in [5.74, 6) is 1.69. The third kappa shape index (κ3) is 3.87. The van der Waals surface area contributed by atoms with E-state index in [2.05, 4.69) is 60.7 Å². The summed E-state index contributed by atoms with van der Waals surface area (Å²) in [7, 11) is 1.65. The molecule has 7 nitrogen and oxygen atoms in total. The van der Waals surface area contributed by atoms with Gasteiger partial charge in [0.1, 0.15) is 5.82 Å². The maximum atomic E-state index is 6.27. The lowest BCUT2D eigenvalue weighted by atomic mass is 9.77. The van der Waals surface area contributed by atoms with Crippen molar-refractivity contribution in [3.05, 3.63) is 47.8 Å². The number of hydrogen-bond acceptors (Lipinski definition) is 7. The van der Waals surface area contributed by atoms with Crippen LogP contribution in [0.2, 0.25) is 0 Å². The maximum absolute atomic E-state index is 6.27. The summed E-state index contributed by atoms with van der Waals surface area (Å²) in [6, 6.07) is 9.37. The van der Waals surface area contributed by atoms with Crippen molar-refractivity contribution in [2.75, 3.05) is 31.7 Å². The topological polar surface area (TPSA) is 60.0 Å². The van der Waals surface area contributed by atoms with Gasteiger partial charge in [-0.25, -0.2) is 9.97 Å². The highest BCUT2D eigenvalue weighted by Gasteiger charge is 2.46. The van der Waals surface area contributed by atoms with Gasteiger partial charge >= 0.3 is 0 Å². The molecule has 4 aliphatic heterocycles. The lowest BCUT2D eigenvalue weighted by Crippen LogP contribution is -2.68. The van der Waals surface area contributed by atoms with Gasteiger partial charge in [-0.3, -0.25) is 4.90 Å². The van der Waals surface area contributed by atoms with Gasteiger partial charge in [-0.1, -0.05) is 19.9 Å². The van der Waals surface area contributed by atoms with Crippen LogP contribution >= 0.6 is 0 Å². The van der Waals surface area contributed by atoms with Gasteiger partial charge < -0.3 is 19.1 Å². The van der Waals surface area contributed by atoms with Crippen molar-refractivity contribution in [3.63, 3.8) is 0 Å². The monoisotopic (exact) mass is 438 g/mol. The van der Waals surface area contributed by atoms with E-state index < -0.39 is 0 Å². The van der Waals surface area contributed by atoms with E-state index in [4.69, 9.17) is 19.2 Å². The maximum Gasteiger partial charge on any atom is 0.212 e. The van der Waals surface area contributed by atoms with E-state index in [1.807, 2.05) is 18.5 Å². The second-order valence-corrected chi connectivity index (χ2v) is 10.4. The van der Waals surface area contributed by atoms with Gasteiger partial charge in [-0.15, -0.1) is 0 Å². The van der Waals surface area contributed by atoms with E-state index >= 15 is 0 Å². The molecule has 0 saturated carbocycles. The zero-order valence-electron chi connectivity index (χ0n) is 19.7. The number of hydrogen-bond donors (Lipinski definition) is 0. The summed E-state index contributed by atoms with van der Waals surface area (Å²) in [5, 5.41) is 0. The molecule has 2 aromatic heterocycles. The average molecular weight is 439 g/mol. The summed E-state index contributed by atoms with van der Waals surface area (Å²) in [5.41, 5.74) is 1.92. The first-order chi connectivity index (χ1) is 15.3. The number of ether oxygens (including phenoxy) is 3. The predicted molar refractivity (Wildman–Crippen MR) is 123 cm³/mol. The van der Waals surface area contributed by atoms with Gasteiger partial charge in [0.25, 0.3) is 0 Å². The molecule has 6 rings (SSSR count). The summed E-state index contributed by atoms with van der Waals surface area (Å²) < 4.78 is 17.5. The Bertz CT molecular complexity index is 933. The number of anilines is 1. The minimum Gasteiger partial charge on any atom is -0.481 e. The van der Waals surface area contributed by atoms with Crippen LogP contribution in [0.4, 0.5) is 5.82 Å². The molecule has 3 atom stereocenters. The molecule has 6 heterocycles. The van der Waals surface area contributed by atoms with Crippen molar-refractivity contribution in [3.8, 4) is 5.88 Å². The molecule has 0 spiro atoms. The van der Waals surface area contributed by atoms with Crippen LogP contribution in [0, 0.1) is 5.41 Å². The van der Waals surface area contributed by atoms with Crippen LogP contribution in [0.1, 0.15) is 51.5 Å². The van der Waals surface area contributed by atoms with Gasteiger partial charge in [0.05, 0.1) is 19.3 Å².